The summed E-state index contributed by atoms with van der Waals surface area (Å²) in [6.45, 7) is 4.68. The highest BCUT2D eigenvalue weighted by atomic mass is 31.2. The fraction of sp³-hybridized carbons (Fsp3) is 0.667. The van der Waals surface area contributed by atoms with E-state index in [-0.39, 0.29) is 32.3 Å². The number of phosphoric ester groups is 1. The maximum absolute atomic E-state index is 12.6. The Balaban J connectivity index is 4.10. The first-order chi connectivity index (χ1) is 29.4. The highest BCUT2D eigenvalue weighted by Crippen LogP contribution is 2.43. The van der Waals surface area contributed by atoms with Crippen molar-refractivity contribution in [1.82, 2.24) is 0 Å². The minimum atomic E-state index is -4.30. The number of hydrogen-bond acceptors (Lipinski definition) is 7. The second kappa shape index (κ2) is 47.5. The Morgan fingerprint density at radius 2 is 0.933 bits per heavy atom. The van der Waals surface area contributed by atoms with Crippen LogP contribution in [-0.4, -0.2) is 49.9 Å². The summed E-state index contributed by atoms with van der Waals surface area (Å²) in [5, 5.41) is 0. The van der Waals surface area contributed by atoms with Gasteiger partial charge in [0, 0.05) is 19.6 Å². The van der Waals surface area contributed by atoms with Crippen molar-refractivity contribution in [2.75, 3.05) is 33.0 Å². The number of carbonyl (C=O) groups is 1. The monoisotopic (exact) mass is 858 g/mol. The number of carbonyl (C=O) groups excluding carboxylic acids is 1. The van der Waals surface area contributed by atoms with Crippen molar-refractivity contribution < 1.29 is 32.8 Å². The van der Waals surface area contributed by atoms with Gasteiger partial charge in [-0.25, -0.2) is 4.57 Å². The minimum Gasteiger partial charge on any atom is -0.457 e. The molecule has 344 valence electrons. The van der Waals surface area contributed by atoms with E-state index in [2.05, 4.69) is 111 Å². The van der Waals surface area contributed by atoms with Crippen LogP contribution in [0.1, 0.15) is 181 Å². The second-order valence-electron chi connectivity index (χ2n) is 15.2. The van der Waals surface area contributed by atoms with Gasteiger partial charge in [0.1, 0.15) is 6.10 Å². The number of unbranched alkanes of at least 4 members (excludes halogenated alkanes) is 15. The van der Waals surface area contributed by atoms with Crippen LogP contribution in [0.25, 0.3) is 0 Å². The van der Waals surface area contributed by atoms with Gasteiger partial charge in [0.25, 0.3) is 0 Å². The molecule has 0 aromatic heterocycles. The van der Waals surface area contributed by atoms with E-state index in [1.807, 2.05) is 0 Å². The first kappa shape index (κ1) is 57.4. The van der Waals surface area contributed by atoms with E-state index in [1.54, 1.807) is 0 Å². The Hall–Kier alpha value is -2.58. The molecule has 0 radical (unpaired) electrons. The van der Waals surface area contributed by atoms with Gasteiger partial charge < -0.3 is 20.1 Å². The van der Waals surface area contributed by atoms with Gasteiger partial charge in [-0.3, -0.25) is 13.8 Å². The average Bonchev–Trinajstić information content (AvgIpc) is 3.24. The molecule has 0 aromatic carbocycles. The molecule has 0 fully saturated rings. The minimum absolute atomic E-state index is 0.0859. The fourth-order valence-electron chi connectivity index (χ4n) is 6.03. The number of hydrogen-bond donors (Lipinski definition) is 2. The van der Waals surface area contributed by atoms with Crippen molar-refractivity contribution in [1.29, 1.82) is 0 Å². The van der Waals surface area contributed by atoms with Gasteiger partial charge in [0.2, 0.25) is 0 Å². The first-order valence-corrected chi connectivity index (χ1v) is 25.2. The molecule has 0 bridgehead atoms. The van der Waals surface area contributed by atoms with Crippen LogP contribution in [0.15, 0.2) is 97.2 Å². The van der Waals surface area contributed by atoms with Crippen LogP contribution in [0.4, 0.5) is 0 Å². The van der Waals surface area contributed by atoms with Gasteiger partial charge in [-0.2, -0.15) is 0 Å². The Labute approximate surface area is 368 Å². The molecule has 0 aliphatic carbocycles. The van der Waals surface area contributed by atoms with Gasteiger partial charge in [0.15, 0.2) is 0 Å². The Morgan fingerprint density at radius 3 is 1.40 bits per heavy atom. The summed E-state index contributed by atoms with van der Waals surface area (Å²) >= 11 is 0. The van der Waals surface area contributed by atoms with Gasteiger partial charge in [-0.15, -0.1) is 0 Å². The Kier molecular flexibility index (Phi) is 45.4. The predicted octanol–water partition coefficient (Wildman–Crippen LogP) is 14.6. The van der Waals surface area contributed by atoms with Gasteiger partial charge in [0.05, 0.1) is 19.8 Å². The number of esters is 1. The molecule has 0 aliphatic rings. The third kappa shape index (κ3) is 46.5. The van der Waals surface area contributed by atoms with Crippen LogP contribution in [0.5, 0.6) is 0 Å². The van der Waals surface area contributed by atoms with E-state index in [4.69, 9.17) is 24.3 Å². The lowest BCUT2D eigenvalue weighted by molar-refractivity contribution is -0.154. The fourth-order valence-corrected chi connectivity index (χ4v) is 6.79. The van der Waals surface area contributed by atoms with Crippen molar-refractivity contribution in [3.8, 4) is 0 Å². The highest BCUT2D eigenvalue weighted by Gasteiger charge is 2.25. The van der Waals surface area contributed by atoms with Crippen LogP contribution < -0.4 is 5.73 Å². The summed E-state index contributed by atoms with van der Waals surface area (Å²) in [5.41, 5.74) is 5.38. The van der Waals surface area contributed by atoms with Gasteiger partial charge >= 0.3 is 13.8 Å². The molecule has 9 heteroatoms. The Morgan fingerprint density at radius 1 is 0.517 bits per heavy atom. The van der Waals surface area contributed by atoms with Crippen molar-refractivity contribution >= 4 is 13.8 Å². The van der Waals surface area contributed by atoms with Crippen molar-refractivity contribution in [2.24, 2.45) is 5.73 Å². The lowest BCUT2D eigenvalue weighted by Crippen LogP contribution is -2.28. The van der Waals surface area contributed by atoms with Crippen LogP contribution >= 0.6 is 7.82 Å². The number of ether oxygens (including phenoxy) is 2. The molecule has 0 saturated heterocycles. The summed E-state index contributed by atoms with van der Waals surface area (Å²) in [7, 11) is -4.30. The number of rotatable bonds is 44. The molecule has 0 rings (SSSR count). The summed E-state index contributed by atoms with van der Waals surface area (Å²) < 4.78 is 33.5. The third-order valence-electron chi connectivity index (χ3n) is 9.49. The molecule has 0 aromatic rings. The molecule has 60 heavy (non-hydrogen) atoms. The molecule has 0 heterocycles. The molecular weight excluding hydrogens is 770 g/mol. The topological polar surface area (TPSA) is 117 Å². The van der Waals surface area contributed by atoms with Crippen molar-refractivity contribution in [3.05, 3.63) is 97.2 Å². The molecule has 8 nitrogen and oxygen atoms in total. The zero-order valence-electron chi connectivity index (χ0n) is 38.2. The molecule has 0 spiro atoms. The SMILES string of the molecule is CC/C=C\C/C=C\C/C=C\C/C=C\C/C=C\C/C=C\CCCCCOCC(COP(=O)(O)OCCN)OC(=O)CCCCCCCCCCC/C=C\C/C=C\CCCCC. The summed E-state index contributed by atoms with van der Waals surface area (Å²) in [6, 6.07) is 0. The van der Waals surface area contributed by atoms with E-state index in [0.29, 0.717) is 13.0 Å². The van der Waals surface area contributed by atoms with Crippen molar-refractivity contribution in [3.63, 3.8) is 0 Å². The van der Waals surface area contributed by atoms with Gasteiger partial charge in [-0.1, -0.05) is 175 Å². The standard InChI is InChI=1S/C51H88NO7P/c1-3-5-7-9-11-13-15-17-19-21-23-24-25-27-29-31-33-35-37-39-41-43-46-56-48-50(49-58-60(54,55)57-47-45-52)59-51(53)44-42-40-38-36-34-32-30-28-26-22-20-18-16-14-12-10-8-6-4-2/h5,7,11-14,17-20,23-24,27,29,33,35,50H,3-4,6,8-10,15-16,21-22,25-26,28,30-32,34,36-49,52H2,1-2H3,(H,54,55)/b7-5-,13-11-,14-12-,19-17-,20-18-,24-23-,29-27-,35-33-. The van der Waals surface area contributed by atoms with Crippen LogP contribution in [0, 0.1) is 0 Å². The Bertz CT molecular complexity index is 1240. The van der Waals surface area contributed by atoms with Gasteiger partial charge in [-0.05, 0) is 96.3 Å². The second-order valence-corrected chi connectivity index (χ2v) is 16.7. The molecular formula is C51H88NO7P. The largest absolute Gasteiger partial charge is 0.472 e. The summed E-state index contributed by atoms with van der Waals surface area (Å²) in [6.07, 6.45) is 62.9. The zero-order valence-corrected chi connectivity index (χ0v) is 39.1. The lowest BCUT2D eigenvalue weighted by atomic mass is 10.1. The predicted molar refractivity (Wildman–Crippen MR) is 256 cm³/mol. The number of nitrogens with two attached hydrogens (primary N) is 1. The van der Waals surface area contributed by atoms with E-state index < -0.39 is 13.9 Å². The van der Waals surface area contributed by atoms with E-state index in [0.717, 1.165) is 89.9 Å². The number of phosphoric acid groups is 1. The lowest BCUT2D eigenvalue weighted by Gasteiger charge is -2.20. The van der Waals surface area contributed by atoms with E-state index in [1.165, 1.54) is 70.6 Å². The molecule has 3 N–H and O–H groups in total. The molecule has 0 amide bonds. The molecule has 0 saturated carbocycles. The number of allylic oxidation sites excluding steroid dienone is 16. The van der Waals surface area contributed by atoms with Crippen molar-refractivity contribution in [2.45, 2.75) is 187 Å². The first-order valence-electron chi connectivity index (χ1n) is 23.7. The maximum Gasteiger partial charge on any atom is 0.472 e. The zero-order chi connectivity index (χ0) is 43.7. The maximum atomic E-state index is 12.6. The van der Waals surface area contributed by atoms with Crippen LogP contribution in [-0.2, 0) is 27.9 Å². The smallest absolute Gasteiger partial charge is 0.457 e. The van der Waals surface area contributed by atoms with E-state index >= 15 is 0 Å². The normalized spacial score (nSPS) is 14.3. The van der Waals surface area contributed by atoms with E-state index in [9.17, 15) is 14.3 Å². The molecule has 0 aliphatic heterocycles. The molecule has 2 atom stereocenters. The highest BCUT2D eigenvalue weighted by molar-refractivity contribution is 7.47. The molecule has 2 unspecified atom stereocenters. The average molecular weight is 858 g/mol. The van der Waals surface area contributed by atoms with Crippen LogP contribution in [0.2, 0.25) is 0 Å². The summed E-state index contributed by atoms with van der Waals surface area (Å²) in [5.74, 6) is -0.351. The quantitative estimate of drug-likeness (QED) is 0.0269. The van der Waals surface area contributed by atoms with Crippen LogP contribution in [0.3, 0.4) is 0 Å². The third-order valence-corrected chi connectivity index (χ3v) is 10.5. The summed E-state index contributed by atoms with van der Waals surface area (Å²) in [4.78, 5) is 22.6.